The molecule has 0 spiro atoms. The Morgan fingerprint density at radius 3 is 2.46 bits per heavy atom. The Labute approximate surface area is 270 Å². The summed E-state index contributed by atoms with van der Waals surface area (Å²) in [6, 6.07) is 12.8. The maximum atomic E-state index is 14.4. The second-order valence-electron chi connectivity index (χ2n) is 12.5. The smallest absolute Gasteiger partial charge is 0.280 e. The van der Waals surface area contributed by atoms with Gasteiger partial charge in [0.1, 0.15) is 0 Å². The van der Waals surface area contributed by atoms with E-state index in [0.717, 1.165) is 54.1 Å². The second-order valence-corrected chi connectivity index (χ2v) is 12.5. The average Bonchev–Trinajstić information content (AvgIpc) is 3.05. The lowest BCUT2D eigenvalue weighted by Gasteiger charge is -2.40. The van der Waals surface area contributed by atoms with Gasteiger partial charge in [-0.15, -0.1) is 0 Å². The van der Waals surface area contributed by atoms with Gasteiger partial charge in [-0.3, -0.25) is 19.7 Å². The number of piperidine rings is 2. The fraction of sp³-hybridized carbons (Fsp3) is 0.472. The van der Waals surface area contributed by atoms with Crippen LogP contribution in [0, 0.1) is 13.8 Å². The molecule has 0 saturated carbocycles. The summed E-state index contributed by atoms with van der Waals surface area (Å²) >= 11 is 0. The minimum atomic E-state index is -2.95. The van der Waals surface area contributed by atoms with Crippen LogP contribution in [-0.4, -0.2) is 63.6 Å². The molecule has 2 aliphatic rings. The maximum absolute atomic E-state index is 14.4. The minimum absolute atomic E-state index is 0.0260. The normalized spacial score (nSPS) is 19.7. The topological polar surface area (TPSA) is 83.5 Å². The van der Waals surface area contributed by atoms with E-state index >= 15 is 0 Å². The maximum Gasteiger partial charge on any atom is 0.280 e. The van der Waals surface area contributed by atoms with Gasteiger partial charge in [0.15, 0.2) is 5.43 Å². The number of aromatic nitrogens is 3. The number of nitrogens with zero attached hydrogens (tertiary/aromatic N) is 6. The van der Waals surface area contributed by atoms with Gasteiger partial charge < -0.3 is 20.1 Å². The number of halogens is 2. The van der Waals surface area contributed by atoms with Crippen LogP contribution in [0.5, 0.6) is 0 Å². The van der Waals surface area contributed by atoms with Gasteiger partial charge in [-0.2, -0.15) is 0 Å². The molecular formula is C36H47F2N7O. The molecule has 5 heterocycles. The molecule has 246 valence electrons. The summed E-state index contributed by atoms with van der Waals surface area (Å²) in [5, 5.41) is 0.588. The summed E-state index contributed by atoms with van der Waals surface area (Å²) in [5.41, 5.74) is 12.0. The summed E-state index contributed by atoms with van der Waals surface area (Å²) in [6.45, 7) is 11.0. The molecule has 2 fully saturated rings. The lowest BCUT2D eigenvalue weighted by atomic mass is 10.0. The third-order valence-corrected chi connectivity index (χ3v) is 9.16. The van der Waals surface area contributed by atoms with Crippen LogP contribution in [-0.2, 0) is 20.1 Å². The molecule has 6 rings (SSSR count). The Morgan fingerprint density at radius 1 is 0.957 bits per heavy atom. The van der Waals surface area contributed by atoms with Gasteiger partial charge in [-0.25, -0.2) is 8.78 Å². The van der Waals surface area contributed by atoms with Crippen molar-refractivity contribution in [2.75, 3.05) is 36.0 Å². The number of hydrogen-bond donors (Lipinski definition) is 1. The fourth-order valence-electron chi connectivity index (χ4n) is 6.63. The molecule has 0 amide bonds. The molecule has 3 aromatic heterocycles. The number of nitrogens with two attached hydrogens (primary N) is 1. The zero-order valence-corrected chi connectivity index (χ0v) is 27.7. The lowest BCUT2D eigenvalue weighted by molar-refractivity contribution is -0.0299. The van der Waals surface area contributed by atoms with Crippen LogP contribution in [0.15, 0.2) is 65.8 Å². The molecule has 0 bridgehead atoms. The van der Waals surface area contributed by atoms with Gasteiger partial charge in [-0.1, -0.05) is 13.8 Å². The number of alkyl halides is 2. The molecule has 0 aliphatic carbocycles. The number of hydrogen-bond acceptors (Lipinski definition) is 7. The van der Waals surface area contributed by atoms with E-state index in [1.807, 2.05) is 76.1 Å². The minimum Gasteiger partial charge on any atom is -0.369 e. The standard InChI is InChI=1S/C34H41F2N7O.C2H6/c1-23-6-7-28(17-39-23)41-13-4-5-29(21-41)43(18-25-10-12-38-24(2)15-25)20-26-19-40(3)31-16-27(8-9-30(31)33(26)44)42-14-11-32(37)34(35,36)22-42;1-2/h6-10,12,15-17,19,29,32H,4-5,11,13-14,18,20-22,37H2,1-3H3;1-2H3. The first-order valence-corrected chi connectivity index (χ1v) is 16.4. The Morgan fingerprint density at radius 2 is 1.74 bits per heavy atom. The van der Waals surface area contributed by atoms with Crippen LogP contribution in [0.3, 0.4) is 0 Å². The van der Waals surface area contributed by atoms with E-state index in [0.29, 0.717) is 36.3 Å². The molecule has 10 heteroatoms. The number of rotatable bonds is 7. The third kappa shape index (κ3) is 7.39. The highest BCUT2D eigenvalue weighted by molar-refractivity contribution is 5.83. The molecule has 2 aliphatic heterocycles. The van der Waals surface area contributed by atoms with E-state index in [9.17, 15) is 13.6 Å². The third-order valence-electron chi connectivity index (χ3n) is 9.16. The van der Waals surface area contributed by atoms with Gasteiger partial charge in [-0.05, 0) is 81.1 Å². The van der Waals surface area contributed by atoms with Crippen LogP contribution < -0.4 is 21.0 Å². The first-order chi connectivity index (χ1) is 22.1. The second kappa shape index (κ2) is 14.3. The Kier molecular flexibility index (Phi) is 10.4. The van der Waals surface area contributed by atoms with E-state index < -0.39 is 18.5 Å². The summed E-state index contributed by atoms with van der Waals surface area (Å²) in [7, 11) is 1.92. The average molecular weight is 632 g/mol. The van der Waals surface area contributed by atoms with Gasteiger partial charge in [0, 0.05) is 86.2 Å². The highest BCUT2D eigenvalue weighted by atomic mass is 19.3. The summed E-state index contributed by atoms with van der Waals surface area (Å²) in [4.78, 5) is 29.3. The highest BCUT2D eigenvalue weighted by Crippen LogP contribution is 2.31. The van der Waals surface area contributed by atoms with E-state index in [4.69, 9.17) is 5.73 Å². The van der Waals surface area contributed by atoms with Crippen LogP contribution in [0.2, 0.25) is 0 Å². The Balaban J connectivity index is 0.00000204. The fourth-order valence-corrected chi connectivity index (χ4v) is 6.63. The molecular weight excluding hydrogens is 584 g/mol. The number of pyridine rings is 3. The first-order valence-electron chi connectivity index (χ1n) is 16.4. The van der Waals surface area contributed by atoms with Crippen molar-refractivity contribution in [1.82, 2.24) is 19.4 Å². The van der Waals surface area contributed by atoms with Crippen molar-refractivity contribution >= 4 is 22.3 Å². The van der Waals surface area contributed by atoms with Crippen LogP contribution in [0.4, 0.5) is 20.2 Å². The van der Waals surface area contributed by atoms with Crippen molar-refractivity contribution in [2.24, 2.45) is 12.8 Å². The number of aryl methyl sites for hydroxylation is 3. The molecule has 0 radical (unpaired) electrons. The molecule has 46 heavy (non-hydrogen) atoms. The number of fused-ring (bicyclic) bond motifs is 1. The SMILES string of the molecule is CC.Cc1ccc(N2CCCC(N(Cc3ccnc(C)c3)Cc3cn(C)c4cc(N5CCC(N)C(F)(F)C5)ccc4c3=O)C2)cn1. The van der Waals surface area contributed by atoms with E-state index in [1.165, 1.54) is 0 Å². The van der Waals surface area contributed by atoms with Gasteiger partial charge in [0.25, 0.3) is 5.92 Å². The molecule has 8 nitrogen and oxygen atoms in total. The predicted octanol–water partition coefficient (Wildman–Crippen LogP) is 5.82. The van der Waals surface area contributed by atoms with E-state index in [-0.39, 0.29) is 17.9 Å². The van der Waals surface area contributed by atoms with E-state index in [1.54, 1.807) is 17.0 Å². The molecule has 4 aromatic rings. The molecule has 2 N–H and O–H groups in total. The van der Waals surface area contributed by atoms with Gasteiger partial charge in [0.05, 0.1) is 30.0 Å². The van der Waals surface area contributed by atoms with Crippen molar-refractivity contribution in [3.8, 4) is 0 Å². The zero-order chi connectivity index (χ0) is 33.0. The monoisotopic (exact) mass is 631 g/mol. The van der Waals surface area contributed by atoms with Crippen LogP contribution in [0.1, 0.15) is 55.6 Å². The number of benzene rings is 1. The molecule has 2 unspecified atom stereocenters. The Hall–Kier alpha value is -3.89. The predicted molar refractivity (Wildman–Crippen MR) is 183 cm³/mol. The highest BCUT2D eigenvalue weighted by Gasteiger charge is 2.42. The number of anilines is 2. The molecule has 1 aromatic carbocycles. The molecule has 2 atom stereocenters. The van der Waals surface area contributed by atoms with Gasteiger partial charge in [0.2, 0.25) is 0 Å². The van der Waals surface area contributed by atoms with Crippen molar-refractivity contribution < 1.29 is 8.78 Å². The molecule has 2 saturated heterocycles. The van der Waals surface area contributed by atoms with Crippen molar-refractivity contribution in [1.29, 1.82) is 0 Å². The quantitative estimate of drug-likeness (QED) is 0.276. The first kappa shape index (κ1) is 33.5. The largest absolute Gasteiger partial charge is 0.369 e. The summed E-state index contributed by atoms with van der Waals surface area (Å²) < 4.78 is 30.7. The van der Waals surface area contributed by atoms with Crippen molar-refractivity contribution in [3.05, 3.63) is 93.8 Å². The summed E-state index contributed by atoms with van der Waals surface area (Å²) in [6.07, 6.45) is 7.98. The summed E-state index contributed by atoms with van der Waals surface area (Å²) in [5.74, 6) is -2.95. The van der Waals surface area contributed by atoms with Crippen molar-refractivity contribution in [3.63, 3.8) is 0 Å². The van der Waals surface area contributed by atoms with Gasteiger partial charge >= 0.3 is 0 Å². The zero-order valence-electron chi connectivity index (χ0n) is 27.7. The lowest BCUT2D eigenvalue weighted by Crippen LogP contribution is -2.55. The van der Waals surface area contributed by atoms with Crippen LogP contribution >= 0.6 is 0 Å². The Bertz CT molecular complexity index is 1690. The van der Waals surface area contributed by atoms with E-state index in [2.05, 4.69) is 31.9 Å². The van der Waals surface area contributed by atoms with Crippen molar-refractivity contribution in [2.45, 2.75) is 78.1 Å². The van der Waals surface area contributed by atoms with Crippen LogP contribution in [0.25, 0.3) is 10.9 Å².